The van der Waals surface area contributed by atoms with E-state index in [-0.39, 0.29) is 18.1 Å². The number of hydrogen-bond donors (Lipinski definition) is 1. The number of halogens is 2. The Morgan fingerprint density at radius 2 is 1.79 bits per heavy atom. The van der Waals surface area contributed by atoms with E-state index < -0.39 is 18.1 Å². The number of carbonyl (C=O) groups is 1. The van der Waals surface area contributed by atoms with Crippen LogP contribution in [0.2, 0.25) is 5.02 Å². The summed E-state index contributed by atoms with van der Waals surface area (Å²) in [4.78, 5) is 28.0. The van der Waals surface area contributed by atoms with E-state index >= 15 is 0 Å². The molecule has 11 heteroatoms. The average Bonchev–Trinajstić information content (AvgIpc) is 3.33. The molecule has 0 unspecified atom stereocenters. The van der Waals surface area contributed by atoms with Crippen molar-refractivity contribution in [3.8, 4) is 28.3 Å². The van der Waals surface area contributed by atoms with E-state index in [2.05, 4.69) is 9.93 Å². The molecule has 4 rings (SSSR count). The van der Waals surface area contributed by atoms with Gasteiger partial charge < -0.3 is 14.2 Å². The van der Waals surface area contributed by atoms with Gasteiger partial charge in [0.1, 0.15) is 30.6 Å². The van der Waals surface area contributed by atoms with Gasteiger partial charge in [-0.05, 0) is 60.5 Å². The average molecular weight is 559 g/mol. The summed E-state index contributed by atoms with van der Waals surface area (Å²) in [6, 6.07) is 13.6. The van der Waals surface area contributed by atoms with Gasteiger partial charge >= 0.3 is 5.97 Å². The second-order valence-electron chi connectivity index (χ2n) is 9.10. The third kappa shape index (κ3) is 5.96. The first-order valence-electron chi connectivity index (χ1n) is 12.0. The van der Waals surface area contributed by atoms with Gasteiger partial charge in [-0.15, -0.1) is 0 Å². The van der Waals surface area contributed by atoms with Gasteiger partial charge in [-0.2, -0.15) is 5.10 Å². The van der Waals surface area contributed by atoms with Crippen molar-refractivity contribution in [1.82, 2.24) is 19.0 Å². The Morgan fingerprint density at radius 1 is 1.05 bits per heavy atom. The topological polar surface area (TPSA) is 96.1 Å². The molecule has 0 bridgehead atoms. The first-order chi connectivity index (χ1) is 18.2. The molecule has 0 saturated carbocycles. The van der Waals surface area contributed by atoms with Crippen molar-refractivity contribution < 1.29 is 19.0 Å². The fourth-order valence-corrected chi connectivity index (χ4v) is 4.32. The van der Waals surface area contributed by atoms with Gasteiger partial charge in [0.25, 0.3) is 5.56 Å². The first kappa shape index (κ1) is 27.5. The van der Waals surface area contributed by atoms with Gasteiger partial charge in [-0.1, -0.05) is 37.6 Å². The van der Waals surface area contributed by atoms with E-state index in [1.165, 1.54) is 18.0 Å². The first-order valence-corrected chi connectivity index (χ1v) is 12.7. The van der Waals surface area contributed by atoms with Gasteiger partial charge in [-0.25, -0.2) is 9.35 Å². The van der Waals surface area contributed by atoms with Crippen LogP contribution in [0.15, 0.2) is 65.8 Å². The number of hydrogen-bond acceptors (Lipinski definition) is 7. The zero-order valence-electron chi connectivity index (χ0n) is 21.4. The summed E-state index contributed by atoms with van der Waals surface area (Å²) in [6.45, 7) is 5.55. The number of fused-ring (bicyclic) bond motifs is 1. The van der Waals surface area contributed by atoms with E-state index in [0.29, 0.717) is 27.7 Å². The molecule has 2 atom stereocenters. The summed E-state index contributed by atoms with van der Waals surface area (Å²) in [5, 5.41) is 5.04. The lowest BCUT2D eigenvalue weighted by atomic mass is 10.1. The van der Waals surface area contributed by atoms with Crippen LogP contribution >= 0.6 is 23.4 Å². The molecule has 1 N–H and O–H groups in total. The van der Waals surface area contributed by atoms with E-state index in [4.69, 9.17) is 37.6 Å². The Morgan fingerprint density at radius 3 is 2.45 bits per heavy atom. The monoisotopic (exact) mass is 558 g/mol. The van der Waals surface area contributed by atoms with Crippen LogP contribution in [0.4, 0.5) is 0 Å². The second kappa shape index (κ2) is 11.9. The summed E-state index contributed by atoms with van der Waals surface area (Å²) in [6.07, 6.45) is 2.72. The van der Waals surface area contributed by atoms with E-state index in [0.717, 1.165) is 11.1 Å². The van der Waals surface area contributed by atoms with Gasteiger partial charge in [-0.3, -0.25) is 14.2 Å². The van der Waals surface area contributed by atoms with Crippen LogP contribution in [0.25, 0.3) is 22.3 Å². The van der Waals surface area contributed by atoms with Crippen molar-refractivity contribution in [2.45, 2.75) is 32.9 Å². The quantitative estimate of drug-likeness (QED) is 0.218. The lowest BCUT2D eigenvalue weighted by molar-refractivity contribution is -0.152. The van der Waals surface area contributed by atoms with Crippen molar-refractivity contribution in [2.75, 3.05) is 13.7 Å². The van der Waals surface area contributed by atoms with Crippen LogP contribution in [0.5, 0.6) is 11.5 Å². The molecule has 0 saturated heterocycles. The smallest absolute Gasteiger partial charge is 0.325 e. The molecule has 0 amide bonds. The van der Waals surface area contributed by atoms with Crippen molar-refractivity contribution in [3.05, 3.63) is 76.4 Å². The molecule has 2 aromatic carbocycles. The molecule has 0 radical (unpaired) electrons. The Hall–Kier alpha value is -3.53. The summed E-state index contributed by atoms with van der Waals surface area (Å²) in [7, 11) is 1.50. The number of methoxy groups -OCH3 is 1. The molecule has 200 valence electrons. The SMILES string of the molecule is COc1cc(-n2cnn3cc(-c4ccc(Cl)cc4)cc3c2=O)ccc1OC[C@@H](C)OC(=O)[C@@H](NCl)C(C)C. The van der Waals surface area contributed by atoms with E-state index in [9.17, 15) is 9.59 Å². The molecular formula is C27H28Cl2N4O5. The van der Waals surface area contributed by atoms with Crippen LogP contribution < -0.4 is 19.9 Å². The molecule has 0 fully saturated rings. The molecule has 0 spiro atoms. The molecule has 0 aliphatic carbocycles. The largest absolute Gasteiger partial charge is 0.493 e. The zero-order valence-corrected chi connectivity index (χ0v) is 22.9. The summed E-state index contributed by atoms with van der Waals surface area (Å²) in [5.41, 5.74) is 2.49. The number of esters is 1. The number of carbonyl (C=O) groups excluding carboxylic acids is 1. The summed E-state index contributed by atoms with van der Waals surface area (Å²) < 4.78 is 19.8. The van der Waals surface area contributed by atoms with E-state index in [1.54, 1.807) is 54.0 Å². The Bertz CT molecular complexity index is 1480. The Balaban J connectivity index is 1.52. The van der Waals surface area contributed by atoms with Crippen LogP contribution in [0.3, 0.4) is 0 Å². The van der Waals surface area contributed by atoms with E-state index in [1.807, 2.05) is 26.0 Å². The summed E-state index contributed by atoms with van der Waals surface area (Å²) >= 11 is 11.7. The number of aromatic nitrogens is 3. The molecule has 4 aromatic rings. The normalized spacial score (nSPS) is 12.9. The second-order valence-corrected chi connectivity index (χ2v) is 9.75. The van der Waals surface area contributed by atoms with Crippen molar-refractivity contribution >= 4 is 34.9 Å². The number of nitrogens with one attached hydrogen (secondary N) is 1. The lowest BCUT2D eigenvalue weighted by Crippen LogP contribution is -2.39. The van der Waals surface area contributed by atoms with Crippen LogP contribution in [0, 0.1) is 5.92 Å². The number of rotatable bonds is 10. The standard InChI is InChI=1S/C27H28Cl2N4O5/c1-16(2)25(31-29)27(35)38-17(3)14-37-23-10-9-21(12-24(23)36-4)32-15-30-33-13-19(11-22(33)26(32)34)18-5-7-20(28)8-6-18/h5-13,15-17,25,31H,14H2,1-4H3/t17-,25+/m1/s1. The van der Waals surface area contributed by atoms with Crippen LogP contribution in [-0.2, 0) is 9.53 Å². The fraction of sp³-hybridized carbons (Fsp3) is 0.296. The van der Waals surface area contributed by atoms with Crippen LogP contribution in [0.1, 0.15) is 20.8 Å². The predicted octanol–water partition coefficient (Wildman–Crippen LogP) is 4.89. The minimum absolute atomic E-state index is 0.0336. The van der Waals surface area contributed by atoms with Gasteiger partial charge in [0.05, 0.1) is 12.8 Å². The van der Waals surface area contributed by atoms with Gasteiger partial charge in [0.15, 0.2) is 11.5 Å². The molecular weight excluding hydrogens is 531 g/mol. The molecule has 2 heterocycles. The molecule has 9 nitrogen and oxygen atoms in total. The minimum atomic E-state index is -0.625. The molecule has 38 heavy (non-hydrogen) atoms. The fourth-order valence-electron chi connectivity index (χ4n) is 3.86. The number of nitrogens with zero attached hydrogens (tertiary/aromatic N) is 3. The highest BCUT2D eigenvalue weighted by Gasteiger charge is 2.25. The number of benzene rings is 2. The summed E-state index contributed by atoms with van der Waals surface area (Å²) in [5.74, 6) is 0.353. The number of ether oxygens (including phenoxy) is 3. The Labute approximate surface area is 229 Å². The maximum Gasteiger partial charge on any atom is 0.325 e. The minimum Gasteiger partial charge on any atom is -0.493 e. The predicted molar refractivity (Wildman–Crippen MR) is 146 cm³/mol. The highest BCUT2D eigenvalue weighted by atomic mass is 35.5. The van der Waals surface area contributed by atoms with Crippen molar-refractivity contribution in [1.29, 1.82) is 0 Å². The molecule has 2 aromatic heterocycles. The zero-order chi connectivity index (χ0) is 27.4. The maximum absolute atomic E-state index is 13.3. The lowest BCUT2D eigenvalue weighted by Gasteiger charge is -2.21. The van der Waals surface area contributed by atoms with Crippen molar-refractivity contribution in [2.24, 2.45) is 5.92 Å². The van der Waals surface area contributed by atoms with Crippen LogP contribution in [-0.4, -0.2) is 46.0 Å². The van der Waals surface area contributed by atoms with Crippen molar-refractivity contribution in [3.63, 3.8) is 0 Å². The highest BCUT2D eigenvalue weighted by Crippen LogP contribution is 2.30. The molecule has 0 aliphatic rings. The third-order valence-electron chi connectivity index (χ3n) is 5.96. The Kier molecular flexibility index (Phi) is 8.61. The maximum atomic E-state index is 13.3. The highest BCUT2D eigenvalue weighted by molar-refractivity contribution is 6.30. The van der Waals surface area contributed by atoms with Gasteiger partial charge in [0, 0.05) is 22.8 Å². The molecule has 0 aliphatic heterocycles. The third-order valence-corrected chi connectivity index (χ3v) is 6.45. The van der Waals surface area contributed by atoms with Gasteiger partial charge in [0.2, 0.25) is 0 Å².